The Morgan fingerprint density at radius 3 is 2.75 bits per heavy atom. The molecule has 1 unspecified atom stereocenters. The lowest BCUT2D eigenvalue weighted by Gasteiger charge is -2.29. The highest BCUT2D eigenvalue weighted by molar-refractivity contribution is 8.00. The molecule has 2 nitrogen and oxygen atoms in total. The third-order valence-electron chi connectivity index (χ3n) is 4.08. The molecule has 1 N–H and O–H groups in total. The zero-order valence-corrected chi connectivity index (χ0v) is 11.3. The Balaban J connectivity index is 1.66. The topological polar surface area (TPSA) is 21.3 Å². The summed E-state index contributed by atoms with van der Waals surface area (Å²) >= 11 is 2.07. The fourth-order valence-corrected chi connectivity index (χ4v) is 3.89. The van der Waals surface area contributed by atoms with Crippen LogP contribution in [0.4, 0.5) is 0 Å². The zero-order valence-electron chi connectivity index (χ0n) is 10.5. The van der Waals surface area contributed by atoms with Crippen molar-refractivity contribution >= 4 is 11.8 Å². The maximum Gasteiger partial charge on any atom is 0.0506 e. The molecule has 16 heavy (non-hydrogen) atoms. The van der Waals surface area contributed by atoms with Crippen LogP contribution in [0.5, 0.6) is 0 Å². The highest BCUT2D eigenvalue weighted by Crippen LogP contribution is 2.39. The molecule has 1 saturated carbocycles. The number of hydrogen-bond donors (Lipinski definition) is 1. The summed E-state index contributed by atoms with van der Waals surface area (Å²) in [7, 11) is 0. The van der Waals surface area contributed by atoms with Crippen LogP contribution >= 0.6 is 11.8 Å². The van der Waals surface area contributed by atoms with Crippen molar-refractivity contribution in [3.8, 4) is 0 Å². The lowest BCUT2D eigenvalue weighted by Crippen LogP contribution is -2.38. The van der Waals surface area contributed by atoms with Crippen LogP contribution in [0.3, 0.4) is 0 Å². The van der Waals surface area contributed by atoms with Gasteiger partial charge in [-0.2, -0.15) is 11.8 Å². The summed E-state index contributed by atoms with van der Waals surface area (Å²) in [6, 6.07) is 0. The molecule has 2 fully saturated rings. The van der Waals surface area contributed by atoms with Crippen LogP contribution in [0.2, 0.25) is 0 Å². The summed E-state index contributed by atoms with van der Waals surface area (Å²) in [5.74, 6) is 0.758. The van der Waals surface area contributed by atoms with Crippen LogP contribution in [-0.4, -0.2) is 37.3 Å². The molecule has 1 aliphatic heterocycles. The van der Waals surface area contributed by atoms with Crippen molar-refractivity contribution in [2.45, 2.75) is 43.3 Å². The molecule has 0 aromatic rings. The van der Waals surface area contributed by atoms with E-state index in [0.29, 0.717) is 4.75 Å². The summed E-state index contributed by atoms with van der Waals surface area (Å²) in [6.07, 6.45) is 10.5. The van der Waals surface area contributed by atoms with Gasteiger partial charge in [0.1, 0.15) is 0 Å². The van der Waals surface area contributed by atoms with Crippen molar-refractivity contribution in [3.05, 3.63) is 0 Å². The van der Waals surface area contributed by atoms with Crippen molar-refractivity contribution in [3.63, 3.8) is 0 Å². The van der Waals surface area contributed by atoms with Gasteiger partial charge in [0, 0.05) is 24.4 Å². The van der Waals surface area contributed by atoms with Gasteiger partial charge in [0.25, 0.3) is 0 Å². The molecule has 1 saturated heterocycles. The summed E-state index contributed by atoms with van der Waals surface area (Å²) in [5, 5.41) is 3.69. The molecule has 2 rings (SSSR count). The van der Waals surface area contributed by atoms with Crippen molar-refractivity contribution in [2.75, 3.05) is 32.6 Å². The van der Waals surface area contributed by atoms with Crippen LogP contribution in [-0.2, 0) is 4.74 Å². The van der Waals surface area contributed by atoms with E-state index >= 15 is 0 Å². The molecule has 0 spiro atoms. The normalized spacial score (nSPS) is 29.4. The first kappa shape index (κ1) is 12.7. The third kappa shape index (κ3) is 3.38. The lowest BCUT2D eigenvalue weighted by atomic mass is 10.0. The van der Waals surface area contributed by atoms with Gasteiger partial charge in [0.2, 0.25) is 0 Å². The smallest absolute Gasteiger partial charge is 0.0506 e. The van der Waals surface area contributed by atoms with Crippen LogP contribution in [0, 0.1) is 5.92 Å². The van der Waals surface area contributed by atoms with E-state index in [-0.39, 0.29) is 0 Å². The zero-order chi connectivity index (χ0) is 11.3. The Kier molecular flexibility index (Phi) is 4.98. The van der Waals surface area contributed by atoms with Crippen LogP contribution in [0.15, 0.2) is 0 Å². The molecule has 0 aromatic carbocycles. The van der Waals surface area contributed by atoms with Crippen molar-refractivity contribution < 1.29 is 4.74 Å². The average molecular weight is 243 g/mol. The first-order valence-electron chi connectivity index (χ1n) is 6.68. The lowest BCUT2D eigenvalue weighted by molar-refractivity contribution is 0.0547. The van der Waals surface area contributed by atoms with Crippen LogP contribution in [0.1, 0.15) is 38.5 Å². The highest BCUT2D eigenvalue weighted by atomic mass is 32.2. The Hall–Kier alpha value is 0.270. The van der Waals surface area contributed by atoms with E-state index in [2.05, 4.69) is 23.3 Å². The second-order valence-corrected chi connectivity index (χ2v) is 6.58. The van der Waals surface area contributed by atoms with Gasteiger partial charge in [0.05, 0.1) is 6.61 Å². The Morgan fingerprint density at radius 1 is 1.31 bits per heavy atom. The minimum atomic E-state index is 0.551. The predicted octanol–water partition coefficient (Wildman–Crippen LogP) is 2.68. The molecule has 1 heterocycles. The van der Waals surface area contributed by atoms with E-state index in [0.717, 1.165) is 25.7 Å². The van der Waals surface area contributed by atoms with Crippen molar-refractivity contribution in [1.82, 2.24) is 5.32 Å². The number of hydrogen-bond acceptors (Lipinski definition) is 3. The Labute approximate surface area is 104 Å². The number of thioether (sulfide) groups is 1. The molecule has 1 atom stereocenters. The molecule has 1 aliphatic carbocycles. The van der Waals surface area contributed by atoms with Gasteiger partial charge in [-0.25, -0.2) is 0 Å². The maximum atomic E-state index is 5.51. The quantitative estimate of drug-likeness (QED) is 0.802. The minimum absolute atomic E-state index is 0.551. The van der Waals surface area contributed by atoms with Crippen LogP contribution < -0.4 is 5.32 Å². The molecule has 0 aromatic heterocycles. The monoisotopic (exact) mass is 243 g/mol. The Bertz CT molecular complexity index is 198. The number of rotatable bonds is 5. The first-order chi connectivity index (χ1) is 7.85. The van der Waals surface area contributed by atoms with Crippen molar-refractivity contribution in [1.29, 1.82) is 0 Å². The van der Waals surface area contributed by atoms with Gasteiger partial charge in [-0.3, -0.25) is 0 Å². The van der Waals surface area contributed by atoms with Gasteiger partial charge in [-0.15, -0.1) is 0 Å². The van der Waals surface area contributed by atoms with E-state index in [1.54, 1.807) is 0 Å². The summed E-state index contributed by atoms with van der Waals surface area (Å²) in [4.78, 5) is 0. The summed E-state index contributed by atoms with van der Waals surface area (Å²) in [6.45, 7) is 4.30. The molecule has 94 valence electrons. The summed E-state index contributed by atoms with van der Waals surface area (Å²) < 4.78 is 6.06. The maximum absolute atomic E-state index is 5.51. The second kappa shape index (κ2) is 6.27. The van der Waals surface area contributed by atoms with E-state index < -0.39 is 0 Å². The van der Waals surface area contributed by atoms with E-state index in [9.17, 15) is 0 Å². The van der Waals surface area contributed by atoms with Gasteiger partial charge >= 0.3 is 0 Å². The standard InChI is InChI=1S/C13H25NOS/c1-16-13(6-2-3-7-13)11-14-9-12-5-4-8-15-10-12/h12,14H,2-11H2,1H3. The second-order valence-electron chi connectivity index (χ2n) is 5.31. The van der Waals surface area contributed by atoms with Gasteiger partial charge in [-0.1, -0.05) is 12.8 Å². The van der Waals surface area contributed by atoms with E-state index in [4.69, 9.17) is 4.74 Å². The third-order valence-corrected chi connectivity index (χ3v) is 5.50. The fraction of sp³-hybridized carbons (Fsp3) is 1.00. The molecule has 3 heteroatoms. The number of ether oxygens (including phenoxy) is 1. The van der Waals surface area contributed by atoms with E-state index in [1.165, 1.54) is 45.1 Å². The predicted molar refractivity (Wildman–Crippen MR) is 71.1 cm³/mol. The van der Waals surface area contributed by atoms with Crippen LogP contribution in [0.25, 0.3) is 0 Å². The average Bonchev–Trinajstić information content (AvgIpc) is 2.80. The first-order valence-corrected chi connectivity index (χ1v) is 7.91. The molecular formula is C13H25NOS. The van der Waals surface area contributed by atoms with Gasteiger partial charge in [-0.05, 0) is 37.9 Å². The van der Waals surface area contributed by atoms with Gasteiger partial charge < -0.3 is 10.1 Å². The largest absolute Gasteiger partial charge is 0.381 e. The summed E-state index contributed by atoms with van der Waals surface area (Å²) in [5.41, 5.74) is 0. The van der Waals surface area contributed by atoms with E-state index in [1.807, 2.05) is 0 Å². The number of nitrogens with one attached hydrogen (secondary N) is 1. The SMILES string of the molecule is CSC1(CNCC2CCCOC2)CCCC1. The fourth-order valence-electron chi connectivity index (χ4n) is 2.94. The van der Waals surface area contributed by atoms with Gasteiger partial charge in [0.15, 0.2) is 0 Å². The molecule has 0 amide bonds. The highest BCUT2D eigenvalue weighted by Gasteiger charge is 2.32. The molecular weight excluding hydrogens is 218 g/mol. The van der Waals surface area contributed by atoms with Crippen molar-refractivity contribution in [2.24, 2.45) is 5.92 Å². The minimum Gasteiger partial charge on any atom is -0.381 e. The molecule has 0 radical (unpaired) electrons. The molecule has 2 aliphatic rings. The molecule has 0 bridgehead atoms. The Morgan fingerprint density at radius 2 is 2.12 bits per heavy atom.